The first-order chi connectivity index (χ1) is 9.54. The van der Waals surface area contributed by atoms with Crippen LogP contribution in [0.3, 0.4) is 0 Å². The van der Waals surface area contributed by atoms with Crippen LogP contribution in [0, 0.1) is 6.92 Å². The van der Waals surface area contributed by atoms with Crippen LogP contribution in [0.25, 0.3) is 0 Å². The Balaban J connectivity index is 2.54. The third kappa shape index (κ3) is 2.93. The van der Waals surface area contributed by atoms with E-state index in [-0.39, 0.29) is 5.92 Å². The first kappa shape index (κ1) is 14.8. The van der Waals surface area contributed by atoms with Crippen LogP contribution < -0.4 is 4.90 Å². The van der Waals surface area contributed by atoms with Gasteiger partial charge in [0.25, 0.3) is 0 Å². The Hall–Kier alpha value is -1.61. The maximum absolute atomic E-state index is 6.27. The van der Waals surface area contributed by atoms with Gasteiger partial charge in [-0.3, -0.25) is 0 Å². The van der Waals surface area contributed by atoms with Crippen molar-refractivity contribution in [3.05, 3.63) is 46.9 Å². The minimum absolute atomic E-state index is 0.251. The van der Waals surface area contributed by atoms with Crippen LogP contribution in [0.1, 0.15) is 38.1 Å². The molecular weight excluding hydrogens is 270 g/mol. The molecule has 0 aliphatic rings. The molecule has 1 heterocycles. The highest BCUT2D eigenvalue weighted by molar-refractivity contribution is 6.30. The molecule has 0 radical (unpaired) electrons. The van der Waals surface area contributed by atoms with Crippen molar-refractivity contribution >= 4 is 23.1 Å². The molecular formula is C16H20ClN3. The highest BCUT2D eigenvalue weighted by Gasteiger charge is 2.17. The van der Waals surface area contributed by atoms with Crippen molar-refractivity contribution in [3.63, 3.8) is 0 Å². The van der Waals surface area contributed by atoms with Crippen LogP contribution in [0.15, 0.2) is 30.3 Å². The minimum Gasteiger partial charge on any atom is -0.326 e. The third-order valence-corrected chi connectivity index (χ3v) is 3.60. The van der Waals surface area contributed by atoms with Gasteiger partial charge in [0.05, 0.1) is 0 Å². The highest BCUT2D eigenvalue weighted by atomic mass is 35.5. The molecule has 0 fully saturated rings. The number of benzene rings is 1. The van der Waals surface area contributed by atoms with Crippen LogP contribution in [-0.2, 0) is 0 Å². The van der Waals surface area contributed by atoms with E-state index >= 15 is 0 Å². The summed E-state index contributed by atoms with van der Waals surface area (Å²) in [5.41, 5.74) is 2.03. The number of nitrogens with zero attached hydrogens (tertiary/aromatic N) is 3. The lowest BCUT2D eigenvalue weighted by Crippen LogP contribution is -2.20. The number of rotatable bonds is 4. The number of anilines is 2. The number of para-hydroxylation sites is 1. The zero-order valence-electron chi connectivity index (χ0n) is 12.4. The lowest BCUT2D eigenvalue weighted by molar-refractivity contribution is 0.765. The third-order valence-electron chi connectivity index (χ3n) is 3.23. The normalized spacial score (nSPS) is 10.9. The second kappa shape index (κ2) is 6.23. The maximum Gasteiger partial charge on any atom is 0.141 e. The molecule has 4 heteroatoms. The molecule has 0 amide bonds. The predicted molar refractivity (Wildman–Crippen MR) is 85.0 cm³/mol. The van der Waals surface area contributed by atoms with Gasteiger partial charge in [-0.2, -0.15) is 0 Å². The van der Waals surface area contributed by atoms with E-state index < -0.39 is 0 Å². The first-order valence-electron chi connectivity index (χ1n) is 6.91. The topological polar surface area (TPSA) is 29.0 Å². The number of hydrogen-bond donors (Lipinski definition) is 0. The van der Waals surface area contributed by atoms with Gasteiger partial charge in [-0.05, 0) is 26.0 Å². The van der Waals surface area contributed by atoms with Gasteiger partial charge in [0.1, 0.15) is 16.8 Å². The largest absolute Gasteiger partial charge is 0.326 e. The summed E-state index contributed by atoms with van der Waals surface area (Å²) in [6.07, 6.45) is 0. The van der Waals surface area contributed by atoms with Crippen molar-refractivity contribution in [1.29, 1.82) is 0 Å². The number of halogens is 1. The summed E-state index contributed by atoms with van der Waals surface area (Å²) < 4.78 is 0. The summed E-state index contributed by atoms with van der Waals surface area (Å²) in [7, 11) is 0. The summed E-state index contributed by atoms with van der Waals surface area (Å²) in [5.74, 6) is 1.92. The minimum atomic E-state index is 0.251. The fraction of sp³-hybridized carbons (Fsp3) is 0.375. The van der Waals surface area contributed by atoms with Crippen LogP contribution in [0.2, 0.25) is 5.15 Å². The van der Waals surface area contributed by atoms with E-state index in [2.05, 4.69) is 42.8 Å². The van der Waals surface area contributed by atoms with Crippen molar-refractivity contribution in [3.8, 4) is 0 Å². The quantitative estimate of drug-likeness (QED) is 0.763. The van der Waals surface area contributed by atoms with E-state index in [0.29, 0.717) is 5.15 Å². The van der Waals surface area contributed by atoms with Crippen molar-refractivity contribution in [2.75, 3.05) is 11.4 Å². The summed E-state index contributed by atoms with van der Waals surface area (Å²) in [4.78, 5) is 11.2. The van der Waals surface area contributed by atoms with E-state index in [1.807, 2.05) is 25.1 Å². The van der Waals surface area contributed by atoms with Crippen molar-refractivity contribution in [2.24, 2.45) is 0 Å². The summed E-state index contributed by atoms with van der Waals surface area (Å²) in [5, 5.41) is 0.535. The molecule has 106 valence electrons. The molecule has 0 saturated carbocycles. The molecule has 0 aliphatic carbocycles. The van der Waals surface area contributed by atoms with Crippen LogP contribution in [0.4, 0.5) is 11.5 Å². The molecule has 0 unspecified atom stereocenters. The second-order valence-electron chi connectivity index (χ2n) is 5.06. The van der Waals surface area contributed by atoms with Gasteiger partial charge in [-0.1, -0.05) is 43.6 Å². The van der Waals surface area contributed by atoms with Gasteiger partial charge in [-0.15, -0.1) is 0 Å². The molecule has 2 aromatic rings. The average Bonchev–Trinajstić information content (AvgIpc) is 2.45. The van der Waals surface area contributed by atoms with E-state index in [4.69, 9.17) is 16.6 Å². The molecule has 1 aromatic heterocycles. The van der Waals surface area contributed by atoms with Crippen LogP contribution in [0.5, 0.6) is 0 Å². The molecule has 0 bridgehead atoms. The Morgan fingerprint density at radius 2 is 1.80 bits per heavy atom. The van der Waals surface area contributed by atoms with Crippen molar-refractivity contribution < 1.29 is 0 Å². The van der Waals surface area contributed by atoms with E-state index in [0.717, 1.165) is 29.4 Å². The summed E-state index contributed by atoms with van der Waals surface area (Å²) in [6, 6.07) is 10.2. The molecule has 0 atom stereocenters. The van der Waals surface area contributed by atoms with E-state index in [1.54, 1.807) is 0 Å². The molecule has 1 aromatic carbocycles. The molecule has 3 nitrogen and oxygen atoms in total. The molecule has 0 spiro atoms. The van der Waals surface area contributed by atoms with Crippen molar-refractivity contribution in [1.82, 2.24) is 9.97 Å². The second-order valence-corrected chi connectivity index (χ2v) is 5.41. The number of aromatic nitrogens is 2. The van der Waals surface area contributed by atoms with Gasteiger partial charge in [0, 0.05) is 23.7 Å². The Kier molecular flexibility index (Phi) is 4.61. The Labute approximate surface area is 125 Å². The van der Waals surface area contributed by atoms with Crippen molar-refractivity contribution in [2.45, 2.75) is 33.6 Å². The van der Waals surface area contributed by atoms with Gasteiger partial charge in [0.15, 0.2) is 0 Å². The lowest BCUT2D eigenvalue weighted by Gasteiger charge is -2.25. The Morgan fingerprint density at radius 3 is 2.35 bits per heavy atom. The zero-order valence-corrected chi connectivity index (χ0v) is 13.1. The van der Waals surface area contributed by atoms with Gasteiger partial charge < -0.3 is 4.90 Å². The SMILES string of the molecule is CCN(c1ccccc1)c1nc(C(C)C)nc(Cl)c1C. The lowest BCUT2D eigenvalue weighted by atomic mass is 10.2. The standard InChI is InChI=1S/C16H20ClN3/c1-5-20(13-9-7-6-8-10-13)16-12(4)14(17)18-15(19-16)11(2)3/h6-11H,5H2,1-4H3. The predicted octanol–water partition coefficient (Wildman–Crippen LogP) is 4.72. The van der Waals surface area contributed by atoms with E-state index in [9.17, 15) is 0 Å². The molecule has 0 saturated heterocycles. The van der Waals surface area contributed by atoms with Gasteiger partial charge in [0.2, 0.25) is 0 Å². The first-order valence-corrected chi connectivity index (χ1v) is 7.29. The average molecular weight is 290 g/mol. The summed E-state index contributed by atoms with van der Waals surface area (Å²) >= 11 is 6.27. The molecule has 0 N–H and O–H groups in total. The van der Waals surface area contributed by atoms with Crippen LogP contribution >= 0.6 is 11.6 Å². The van der Waals surface area contributed by atoms with Crippen LogP contribution in [-0.4, -0.2) is 16.5 Å². The monoisotopic (exact) mass is 289 g/mol. The highest BCUT2D eigenvalue weighted by Crippen LogP contribution is 2.30. The fourth-order valence-corrected chi connectivity index (χ4v) is 2.25. The summed E-state index contributed by atoms with van der Waals surface area (Å²) in [6.45, 7) is 9.05. The number of hydrogen-bond acceptors (Lipinski definition) is 3. The van der Waals surface area contributed by atoms with Gasteiger partial charge in [-0.25, -0.2) is 9.97 Å². The molecule has 20 heavy (non-hydrogen) atoms. The Morgan fingerprint density at radius 1 is 1.15 bits per heavy atom. The molecule has 2 rings (SSSR count). The fourth-order valence-electron chi connectivity index (χ4n) is 2.08. The smallest absolute Gasteiger partial charge is 0.141 e. The zero-order chi connectivity index (χ0) is 14.7. The maximum atomic E-state index is 6.27. The van der Waals surface area contributed by atoms with Gasteiger partial charge >= 0.3 is 0 Å². The Bertz CT molecular complexity index is 582. The molecule has 0 aliphatic heterocycles. The van der Waals surface area contributed by atoms with E-state index in [1.165, 1.54) is 0 Å².